The third kappa shape index (κ3) is 4.04. The molecule has 2 aliphatic rings. The molecule has 0 atom stereocenters. The van der Waals surface area contributed by atoms with Crippen molar-refractivity contribution in [1.29, 1.82) is 5.26 Å². The highest BCUT2D eigenvalue weighted by Gasteiger charge is 2.33. The van der Waals surface area contributed by atoms with Crippen molar-refractivity contribution in [3.05, 3.63) is 29.8 Å². The van der Waals surface area contributed by atoms with Crippen LogP contribution in [0.3, 0.4) is 0 Å². The van der Waals surface area contributed by atoms with E-state index in [1.807, 2.05) is 12.1 Å². The normalized spacial score (nSPS) is 21.0. The summed E-state index contributed by atoms with van der Waals surface area (Å²) in [6, 6.07) is 10.7. The molecule has 23 heavy (non-hydrogen) atoms. The topological polar surface area (TPSA) is 48.3 Å². The summed E-state index contributed by atoms with van der Waals surface area (Å²) in [6.07, 6.45) is 5.55. The van der Waals surface area contributed by atoms with Crippen LogP contribution in [-0.2, 0) is 5.41 Å². The minimum absolute atomic E-state index is 0.320. The van der Waals surface area contributed by atoms with Crippen LogP contribution in [0.25, 0.3) is 0 Å². The van der Waals surface area contributed by atoms with Crippen LogP contribution in [-0.4, -0.2) is 44.2 Å². The highest BCUT2D eigenvalue weighted by molar-refractivity contribution is 5.37. The van der Waals surface area contributed by atoms with Gasteiger partial charge in [-0.3, -0.25) is 0 Å². The van der Waals surface area contributed by atoms with Gasteiger partial charge in [0.2, 0.25) is 0 Å². The van der Waals surface area contributed by atoms with Gasteiger partial charge in [-0.25, -0.2) is 0 Å². The average Bonchev–Trinajstić information content (AvgIpc) is 3.13. The quantitative estimate of drug-likeness (QED) is 0.820. The van der Waals surface area contributed by atoms with Crippen molar-refractivity contribution in [2.45, 2.75) is 37.5 Å². The van der Waals surface area contributed by atoms with Gasteiger partial charge in [-0.05, 0) is 76.0 Å². The van der Waals surface area contributed by atoms with E-state index in [0.29, 0.717) is 0 Å². The van der Waals surface area contributed by atoms with Gasteiger partial charge in [0.05, 0.1) is 18.1 Å². The Labute approximate surface area is 139 Å². The first-order valence-electron chi connectivity index (χ1n) is 8.90. The summed E-state index contributed by atoms with van der Waals surface area (Å²) in [5.74, 6) is 0.914. The number of hydrogen-bond donors (Lipinski definition) is 1. The SMILES string of the molecule is N#CC1(c2ccc(OCCCN3CCCC3)cc2)CCNCC1. The van der Waals surface area contributed by atoms with Crippen LogP contribution in [0, 0.1) is 11.3 Å². The van der Waals surface area contributed by atoms with Crippen LogP contribution in [0.4, 0.5) is 0 Å². The van der Waals surface area contributed by atoms with Gasteiger partial charge >= 0.3 is 0 Å². The molecular formula is C19H27N3O. The zero-order valence-electron chi connectivity index (χ0n) is 13.9. The summed E-state index contributed by atoms with van der Waals surface area (Å²) in [7, 11) is 0. The van der Waals surface area contributed by atoms with E-state index < -0.39 is 0 Å². The largest absolute Gasteiger partial charge is 0.494 e. The zero-order valence-corrected chi connectivity index (χ0v) is 13.9. The Morgan fingerprint density at radius 2 is 1.83 bits per heavy atom. The van der Waals surface area contributed by atoms with Gasteiger partial charge in [-0.15, -0.1) is 0 Å². The highest BCUT2D eigenvalue weighted by Crippen LogP contribution is 2.33. The lowest BCUT2D eigenvalue weighted by Crippen LogP contribution is -2.38. The monoisotopic (exact) mass is 313 g/mol. The summed E-state index contributed by atoms with van der Waals surface area (Å²) < 4.78 is 5.85. The highest BCUT2D eigenvalue weighted by atomic mass is 16.5. The third-order valence-electron chi connectivity index (χ3n) is 5.16. The molecule has 0 radical (unpaired) electrons. The molecule has 1 aromatic carbocycles. The van der Waals surface area contributed by atoms with E-state index in [1.54, 1.807) is 0 Å². The predicted octanol–water partition coefficient (Wildman–Crippen LogP) is 2.70. The van der Waals surface area contributed by atoms with Crippen molar-refractivity contribution in [3.8, 4) is 11.8 Å². The molecule has 0 amide bonds. The molecule has 1 N–H and O–H groups in total. The molecule has 0 unspecified atom stereocenters. The number of rotatable bonds is 6. The Hall–Kier alpha value is -1.57. The number of ether oxygens (including phenoxy) is 1. The molecule has 0 aliphatic carbocycles. The Bertz CT molecular complexity index is 523. The Kier molecular flexibility index (Phi) is 5.53. The number of nitrogens with one attached hydrogen (secondary N) is 1. The van der Waals surface area contributed by atoms with Gasteiger partial charge in [-0.2, -0.15) is 5.26 Å². The van der Waals surface area contributed by atoms with Gasteiger partial charge in [-0.1, -0.05) is 12.1 Å². The van der Waals surface area contributed by atoms with E-state index in [0.717, 1.165) is 56.8 Å². The number of nitrogens with zero attached hydrogens (tertiary/aromatic N) is 2. The Morgan fingerprint density at radius 3 is 2.48 bits per heavy atom. The molecule has 2 aliphatic heterocycles. The first-order valence-corrected chi connectivity index (χ1v) is 8.90. The number of piperidine rings is 1. The maximum absolute atomic E-state index is 9.63. The number of hydrogen-bond acceptors (Lipinski definition) is 4. The number of nitriles is 1. The molecule has 1 aromatic rings. The van der Waals surface area contributed by atoms with Gasteiger partial charge in [0.25, 0.3) is 0 Å². The molecule has 124 valence electrons. The van der Waals surface area contributed by atoms with Gasteiger partial charge in [0.15, 0.2) is 0 Å². The minimum Gasteiger partial charge on any atom is -0.494 e. The molecule has 0 bridgehead atoms. The fourth-order valence-corrected chi connectivity index (χ4v) is 3.67. The molecule has 0 aromatic heterocycles. The minimum atomic E-state index is -0.320. The van der Waals surface area contributed by atoms with Crippen LogP contribution >= 0.6 is 0 Å². The predicted molar refractivity (Wildman–Crippen MR) is 91.6 cm³/mol. The molecule has 2 fully saturated rings. The fraction of sp³-hybridized carbons (Fsp3) is 0.632. The summed E-state index contributed by atoms with van der Waals surface area (Å²) in [5, 5.41) is 13.0. The van der Waals surface area contributed by atoms with Gasteiger partial charge in [0.1, 0.15) is 5.75 Å². The summed E-state index contributed by atoms with van der Waals surface area (Å²) in [6.45, 7) is 6.25. The molecule has 4 heteroatoms. The maximum atomic E-state index is 9.63. The van der Waals surface area contributed by atoms with Gasteiger partial charge < -0.3 is 15.0 Å². The van der Waals surface area contributed by atoms with Crippen LogP contribution in [0.2, 0.25) is 0 Å². The molecule has 0 saturated carbocycles. The molecule has 3 rings (SSSR count). The van der Waals surface area contributed by atoms with Crippen LogP contribution in [0.15, 0.2) is 24.3 Å². The molecule has 4 nitrogen and oxygen atoms in total. The fourth-order valence-electron chi connectivity index (χ4n) is 3.67. The van der Waals surface area contributed by atoms with Crippen molar-refractivity contribution in [2.75, 3.05) is 39.3 Å². The van der Waals surface area contributed by atoms with Crippen molar-refractivity contribution < 1.29 is 4.74 Å². The second kappa shape index (κ2) is 7.81. The first-order chi connectivity index (χ1) is 11.3. The second-order valence-electron chi connectivity index (χ2n) is 6.72. The van der Waals surface area contributed by atoms with E-state index in [1.165, 1.54) is 25.9 Å². The van der Waals surface area contributed by atoms with Crippen molar-refractivity contribution in [1.82, 2.24) is 10.2 Å². The zero-order chi connectivity index (χ0) is 16.0. The first kappa shape index (κ1) is 16.3. The third-order valence-corrected chi connectivity index (χ3v) is 5.16. The molecular weight excluding hydrogens is 286 g/mol. The Morgan fingerprint density at radius 1 is 1.13 bits per heavy atom. The summed E-state index contributed by atoms with van der Waals surface area (Å²) in [4.78, 5) is 2.51. The smallest absolute Gasteiger partial charge is 0.119 e. The maximum Gasteiger partial charge on any atom is 0.119 e. The summed E-state index contributed by atoms with van der Waals surface area (Å²) in [5.41, 5.74) is 0.811. The molecule has 2 saturated heterocycles. The second-order valence-corrected chi connectivity index (χ2v) is 6.72. The van der Waals surface area contributed by atoms with E-state index in [-0.39, 0.29) is 5.41 Å². The Balaban J connectivity index is 1.49. The van der Waals surface area contributed by atoms with Crippen LogP contribution in [0.1, 0.15) is 37.7 Å². The standard InChI is InChI=1S/C19H27N3O/c20-16-19(8-10-21-11-9-19)17-4-6-18(7-5-17)23-15-3-14-22-12-1-2-13-22/h4-7,21H,1-3,8-15H2. The van der Waals surface area contributed by atoms with E-state index in [9.17, 15) is 5.26 Å². The average molecular weight is 313 g/mol. The number of benzene rings is 1. The van der Waals surface area contributed by atoms with Crippen LogP contribution < -0.4 is 10.1 Å². The van der Waals surface area contributed by atoms with Crippen LogP contribution in [0.5, 0.6) is 5.75 Å². The van der Waals surface area contributed by atoms with E-state index in [4.69, 9.17) is 4.74 Å². The van der Waals surface area contributed by atoms with Gasteiger partial charge in [0, 0.05) is 6.54 Å². The number of likely N-dealkylation sites (tertiary alicyclic amines) is 1. The van der Waals surface area contributed by atoms with E-state index in [2.05, 4.69) is 28.4 Å². The lowest BCUT2D eigenvalue weighted by atomic mass is 9.74. The molecule has 2 heterocycles. The molecule has 0 spiro atoms. The lowest BCUT2D eigenvalue weighted by molar-refractivity contribution is 0.263. The summed E-state index contributed by atoms with van der Waals surface area (Å²) >= 11 is 0. The van der Waals surface area contributed by atoms with E-state index >= 15 is 0 Å². The van der Waals surface area contributed by atoms with Crippen molar-refractivity contribution in [2.24, 2.45) is 0 Å². The van der Waals surface area contributed by atoms with Crippen molar-refractivity contribution in [3.63, 3.8) is 0 Å². The lowest BCUT2D eigenvalue weighted by Gasteiger charge is -2.31. The van der Waals surface area contributed by atoms with Crippen molar-refractivity contribution >= 4 is 0 Å².